The van der Waals surface area contributed by atoms with Crippen LogP contribution in [0, 0.1) is 11.6 Å². The number of hydrogen-bond donors (Lipinski definition) is 0. The van der Waals surface area contributed by atoms with E-state index >= 15 is 0 Å². The molecule has 0 bridgehead atoms. The lowest BCUT2D eigenvalue weighted by atomic mass is 10.1. The Morgan fingerprint density at radius 2 is 1.00 bits per heavy atom. The van der Waals surface area contributed by atoms with E-state index in [0.717, 1.165) is 12.1 Å². The zero-order valence-corrected chi connectivity index (χ0v) is 12.0. The Bertz CT molecular complexity index is 694. The fraction of sp³-hybridized carbons (Fsp3) is 0.143. The van der Waals surface area contributed by atoms with Crippen molar-refractivity contribution in [3.8, 4) is 11.5 Å². The average molecular weight is 370 g/mol. The highest BCUT2D eigenvalue weighted by Gasteiger charge is 2.37. The van der Waals surface area contributed by atoms with Crippen LogP contribution in [0.15, 0.2) is 36.4 Å². The molecular formula is C14H7BF8O2. The third-order valence-corrected chi connectivity index (χ3v) is 2.95. The molecule has 0 aliphatic rings. The number of rotatable bonds is 4. The summed E-state index contributed by atoms with van der Waals surface area (Å²) in [7, 11) is -1.27. The maximum Gasteiger partial charge on any atom is 0.576 e. The van der Waals surface area contributed by atoms with Gasteiger partial charge < -0.3 is 9.31 Å². The minimum Gasteiger partial charge on any atom is -0.526 e. The fourth-order valence-corrected chi connectivity index (χ4v) is 1.90. The second kappa shape index (κ2) is 6.81. The third-order valence-electron chi connectivity index (χ3n) is 2.95. The van der Waals surface area contributed by atoms with Crippen LogP contribution in [0.2, 0.25) is 0 Å². The van der Waals surface area contributed by atoms with Gasteiger partial charge in [0, 0.05) is 0 Å². The summed E-state index contributed by atoms with van der Waals surface area (Å²) < 4.78 is 113. The molecule has 0 aromatic heterocycles. The minimum absolute atomic E-state index is 0.517. The van der Waals surface area contributed by atoms with Gasteiger partial charge in [-0.1, -0.05) is 12.1 Å². The number of benzene rings is 2. The number of hydrogen-bond acceptors (Lipinski definition) is 2. The molecule has 0 atom stereocenters. The van der Waals surface area contributed by atoms with E-state index in [-0.39, 0.29) is 0 Å². The highest BCUT2D eigenvalue weighted by Crippen LogP contribution is 2.39. The van der Waals surface area contributed by atoms with Gasteiger partial charge in [0.15, 0.2) is 23.1 Å². The summed E-state index contributed by atoms with van der Waals surface area (Å²) >= 11 is 0. The zero-order valence-electron chi connectivity index (χ0n) is 12.0. The van der Waals surface area contributed by atoms with E-state index in [2.05, 4.69) is 9.31 Å². The van der Waals surface area contributed by atoms with Crippen LogP contribution in [0.3, 0.4) is 0 Å². The molecule has 0 saturated heterocycles. The first kappa shape index (κ1) is 18.9. The van der Waals surface area contributed by atoms with Crippen LogP contribution >= 0.6 is 0 Å². The summed E-state index contributed by atoms with van der Waals surface area (Å²) in [4.78, 5) is 0. The van der Waals surface area contributed by atoms with Gasteiger partial charge in [-0.05, 0) is 24.3 Å². The maximum absolute atomic E-state index is 13.5. The van der Waals surface area contributed by atoms with Crippen molar-refractivity contribution in [2.45, 2.75) is 12.4 Å². The van der Waals surface area contributed by atoms with Gasteiger partial charge in [-0.15, -0.1) is 0 Å². The molecule has 25 heavy (non-hydrogen) atoms. The Kier molecular flexibility index (Phi) is 5.14. The molecule has 0 spiro atoms. The van der Waals surface area contributed by atoms with Crippen molar-refractivity contribution in [3.63, 3.8) is 0 Å². The molecule has 2 nitrogen and oxygen atoms in total. The van der Waals surface area contributed by atoms with Crippen LogP contribution in [0.25, 0.3) is 0 Å². The van der Waals surface area contributed by atoms with Gasteiger partial charge in [-0.25, -0.2) is 8.78 Å². The monoisotopic (exact) mass is 370 g/mol. The normalized spacial score (nSPS) is 12.0. The first-order valence-corrected chi connectivity index (χ1v) is 6.49. The molecule has 2 aromatic rings. The second-order valence-electron chi connectivity index (χ2n) is 4.64. The second-order valence-corrected chi connectivity index (χ2v) is 4.64. The Labute approximate surface area is 136 Å². The van der Waals surface area contributed by atoms with Crippen molar-refractivity contribution in [2.24, 2.45) is 0 Å². The predicted octanol–water partition coefficient (Wildman–Crippen LogP) is 4.73. The van der Waals surface area contributed by atoms with E-state index in [1.807, 2.05) is 0 Å². The summed E-state index contributed by atoms with van der Waals surface area (Å²) in [5.41, 5.74) is -2.97. The summed E-state index contributed by atoms with van der Waals surface area (Å²) in [6.07, 6.45) is -9.93. The van der Waals surface area contributed by atoms with Crippen LogP contribution in [0.5, 0.6) is 11.5 Å². The van der Waals surface area contributed by atoms with Crippen molar-refractivity contribution in [2.75, 3.05) is 0 Å². The van der Waals surface area contributed by atoms with E-state index < -0.39 is 54.3 Å². The zero-order chi connectivity index (χ0) is 18.8. The molecule has 0 saturated carbocycles. The van der Waals surface area contributed by atoms with E-state index in [1.54, 1.807) is 0 Å². The highest BCUT2D eigenvalue weighted by molar-refractivity contribution is 6.20. The Morgan fingerprint density at radius 3 is 1.32 bits per heavy atom. The molecule has 0 radical (unpaired) electrons. The van der Waals surface area contributed by atoms with Crippen LogP contribution in [0.1, 0.15) is 11.1 Å². The molecule has 11 heteroatoms. The SMILES string of the molecule is Fc1cccc(C(F)(F)F)c1OBOc1c(F)cccc1C(F)(F)F. The first-order valence-electron chi connectivity index (χ1n) is 6.49. The molecule has 0 aliphatic heterocycles. The van der Waals surface area contributed by atoms with Gasteiger partial charge in [-0.2, -0.15) is 26.3 Å². The Hall–Kier alpha value is -2.46. The topological polar surface area (TPSA) is 18.5 Å². The molecular weight excluding hydrogens is 363 g/mol. The average Bonchev–Trinajstić information content (AvgIpc) is 2.48. The summed E-state index contributed by atoms with van der Waals surface area (Å²) in [5, 5.41) is 0. The summed E-state index contributed by atoms with van der Waals surface area (Å²) in [6, 6.07) is 3.92. The Balaban J connectivity index is 2.24. The molecule has 0 unspecified atom stereocenters. The van der Waals surface area contributed by atoms with Crippen LogP contribution in [0.4, 0.5) is 35.1 Å². The molecule has 0 amide bonds. The maximum atomic E-state index is 13.5. The molecule has 0 heterocycles. The molecule has 0 fully saturated rings. The largest absolute Gasteiger partial charge is 0.576 e. The lowest BCUT2D eigenvalue weighted by Gasteiger charge is -2.17. The summed E-state index contributed by atoms with van der Waals surface area (Å²) in [6.45, 7) is 0. The van der Waals surface area contributed by atoms with Gasteiger partial charge in [0.1, 0.15) is 0 Å². The minimum atomic E-state index is -4.97. The summed E-state index contributed by atoms with van der Waals surface area (Å²) in [5.74, 6) is -5.33. The van der Waals surface area contributed by atoms with Crippen molar-refractivity contribution in [3.05, 3.63) is 59.2 Å². The van der Waals surface area contributed by atoms with Crippen LogP contribution in [-0.4, -0.2) is 7.69 Å². The van der Waals surface area contributed by atoms with Gasteiger partial charge in [-0.3, -0.25) is 0 Å². The Morgan fingerprint density at radius 1 is 0.640 bits per heavy atom. The predicted molar refractivity (Wildman–Crippen MR) is 71.2 cm³/mol. The van der Waals surface area contributed by atoms with Gasteiger partial charge in [0.2, 0.25) is 0 Å². The lowest BCUT2D eigenvalue weighted by molar-refractivity contribution is -0.139. The number of alkyl halides is 6. The number of halogens is 8. The van der Waals surface area contributed by atoms with E-state index in [1.165, 1.54) is 0 Å². The van der Waals surface area contributed by atoms with Gasteiger partial charge >= 0.3 is 20.0 Å². The molecule has 2 rings (SSSR count). The first-order chi connectivity index (χ1) is 11.5. The van der Waals surface area contributed by atoms with E-state index in [0.29, 0.717) is 24.3 Å². The smallest absolute Gasteiger partial charge is 0.526 e. The van der Waals surface area contributed by atoms with E-state index in [9.17, 15) is 35.1 Å². The van der Waals surface area contributed by atoms with Crippen LogP contribution < -0.4 is 9.31 Å². The molecule has 0 N–H and O–H groups in total. The van der Waals surface area contributed by atoms with Crippen molar-refractivity contribution < 1.29 is 44.4 Å². The van der Waals surface area contributed by atoms with Gasteiger partial charge in [0.25, 0.3) is 0 Å². The fourth-order valence-electron chi connectivity index (χ4n) is 1.90. The van der Waals surface area contributed by atoms with Crippen molar-refractivity contribution in [1.82, 2.24) is 0 Å². The van der Waals surface area contributed by atoms with Crippen molar-refractivity contribution in [1.29, 1.82) is 0 Å². The number of para-hydroxylation sites is 2. The van der Waals surface area contributed by atoms with Crippen LogP contribution in [-0.2, 0) is 12.4 Å². The highest BCUT2D eigenvalue weighted by atomic mass is 19.4. The standard InChI is InChI=1S/C14H7BF8O2/c16-9-5-1-3-7(13(18,19)20)11(9)24-15-25-12-8(14(21,22)23)4-2-6-10(12)17/h1-6,15H. The van der Waals surface area contributed by atoms with E-state index in [4.69, 9.17) is 0 Å². The third kappa shape index (κ3) is 4.34. The quantitative estimate of drug-likeness (QED) is 0.573. The molecule has 134 valence electrons. The molecule has 0 aliphatic carbocycles. The van der Waals surface area contributed by atoms with Crippen molar-refractivity contribution >= 4 is 7.69 Å². The lowest BCUT2D eigenvalue weighted by Crippen LogP contribution is -2.19. The molecule has 2 aromatic carbocycles. The van der Waals surface area contributed by atoms with Gasteiger partial charge in [0.05, 0.1) is 11.1 Å².